The minimum absolute atomic E-state index is 0.221. The summed E-state index contributed by atoms with van der Waals surface area (Å²) in [5.41, 5.74) is -0.459. The van der Waals surface area contributed by atoms with Gasteiger partial charge in [-0.1, -0.05) is 6.08 Å². The highest BCUT2D eigenvalue weighted by atomic mass is 16.6. The number of aliphatic imine (C=N–C) groups is 1. The van der Waals surface area contributed by atoms with Crippen LogP contribution in [-0.2, 0) is 4.74 Å². The van der Waals surface area contributed by atoms with E-state index >= 15 is 0 Å². The van der Waals surface area contributed by atoms with Crippen LogP contribution >= 0.6 is 0 Å². The topological polar surface area (TPSA) is 57.2 Å². The van der Waals surface area contributed by atoms with Crippen molar-refractivity contribution in [2.45, 2.75) is 58.1 Å². The van der Waals surface area contributed by atoms with E-state index in [4.69, 9.17) is 4.74 Å². The molecule has 0 heterocycles. The minimum atomic E-state index is -0.459. The summed E-state index contributed by atoms with van der Waals surface area (Å²) in [5, 5.41) is 3.33. The van der Waals surface area contributed by atoms with Crippen LogP contribution in [0, 0.1) is 0 Å². The summed E-state index contributed by atoms with van der Waals surface area (Å²) in [6.45, 7) is 11.6. The molecule has 1 fully saturated rings. The van der Waals surface area contributed by atoms with Gasteiger partial charge in [-0.15, -0.1) is 6.58 Å². The number of nitrogens with one attached hydrogen (secondary N) is 1. The third-order valence-electron chi connectivity index (χ3n) is 3.73. The van der Waals surface area contributed by atoms with Crippen LogP contribution in [0.5, 0.6) is 0 Å². The molecule has 1 N–H and O–H groups in total. The molecular formula is C18H34N4O2. The Morgan fingerprint density at radius 3 is 2.54 bits per heavy atom. The Hall–Kier alpha value is -1.72. The van der Waals surface area contributed by atoms with Crippen molar-refractivity contribution in [3.63, 3.8) is 0 Å². The molecule has 0 unspecified atom stereocenters. The van der Waals surface area contributed by atoms with E-state index in [-0.39, 0.29) is 6.09 Å². The van der Waals surface area contributed by atoms with Gasteiger partial charge in [0, 0.05) is 39.8 Å². The average molecular weight is 338 g/mol. The highest BCUT2D eigenvalue weighted by Gasteiger charge is 2.34. The molecule has 6 heteroatoms. The number of hydrogen-bond donors (Lipinski definition) is 1. The van der Waals surface area contributed by atoms with Gasteiger partial charge < -0.3 is 19.9 Å². The first kappa shape index (κ1) is 20.3. The predicted octanol–water partition coefficient (Wildman–Crippen LogP) is 2.86. The summed E-state index contributed by atoms with van der Waals surface area (Å²) in [6, 6.07) is 0.328. The second-order valence-corrected chi connectivity index (χ2v) is 7.23. The molecule has 6 nitrogen and oxygen atoms in total. The summed E-state index contributed by atoms with van der Waals surface area (Å²) in [7, 11) is 3.80. The van der Waals surface area contributed by atoms with Crippen molar-refractivity contribution in [1.29, 1.82) is 0 Å². The Labute approximate surface area is 146 Å². The van der Waals surface area contributed by atoms with Gasteiger partial charge in [0.25, 0.3) is 0 Å². The number of amides is 1. The lowest BCUT2D eigenvalue weighted by atomic mass is 10.2. The molecular weight excluding hydrogens is 304 g/mol. The highest BCUT2D eigenvalue weighted by Crippen LogP contribution is 2.28. The van der Waals surface area contributed by atoms with E-state index in [1.165, 1.54) is 0 Å². The SMILES string of the molecule is C=CCCCN(C)C(=NC)NCCN(C(=O)OC(C)(C)C)C1CC1. The maximum absolute atomic E-state index is 12.3. The first-order valence-corrected chi connectivity index (χ1v) is 8.80. The van der Waals surface area contributed by atoms with E-state index in [1.807, 2.05) is 38.8 Å². The van der Waals surface area contributed by atoms with Crippen LogP contribution in [-0.4, -0.2) is 67.2 Å². The zero-order valence-electron chi connectivity index (χ0n) is 16.0. The summed E-state index contributed by atoms with van der Waals surface area (Å²) >= 11 is 0. The molecule has 24 heavy (non-hydrogen) atoms. The minimum Gasteiger partial charge on any atom is -0.444 e. The molecule has 1 aliphatic rings. The standard InChI is InChI=1S/C18H34N4O2/c1-7-8-9-13-21(6)16(19-5)20-12-14-22(15-10-11-15)17(23)24-18(2,3)4/h7,15H,1,8-14H2,2-6H3,(H,19,20). The van der Waals surface area contributed by atoms with Crippen molar-refractivity contribution in [2.24, 2.45) is 4.99 Å². The number of nitrogens with zero attached hydrogens (tertiary/aromatic N) is 3. The van der Waals surface area contributed by atoms with Crippen LogP contribution in [0.4, 0.5) is 4.79 Å². The monoisotopic (exact) mass is 338 g/mol. The smallest absolute Gasteiger partial charge is 0.410 e. The second kappa shape index (κ2) is 9.55. The highest BCUT2D eigenvalue weighted by molar-refractivity contribution is 5.79. The summed E-state index contributed by atoms with van der Waals surface area (Å²) in [5.74, 6) is 0.846. The molecule has 0 aromatic rings. The average Bonchev–Trinajstić information content (AvgIpc) is 3.30. The molecule has 0 aromatic carbocycles. The maximum atomic E-state index is 12.3. The number of allylic oxidation sites excluding steroid dienone is 1. The Balaban J connectivity index is 2.43. The van der Waals surface area contributed by atoms with Gasteiger partial charge in [0.15, 0.2) is 5.96 Å². The fourth-order valence-electron chi connectivity index (χ4n) is 2.38. The maximum Gasteiger partial charge on any atom is 0.410 e. The molecule has 0 aromatic heterocycles. The van der Waals surface area contributed by atoms with E-state index < -0.39 is 5.60 Å². The van der Waals surface area contributed by atoms with Crippen LogP contribution in [0.3, 0.4) is 0 Å². The van der Waals surface area contributed by atoms with Gasteiger partial charge in [-0.3, -0.25) is 4.99 Å². The molecule has 0 spiro atoms. The quantitative estimate of drug-likeness (QED) is 0.320. The van der Waals surface area contributed by atoms with Crippen molar-refractivity contribution in [3.05, 3.63) is 12.7 Å². The van der Waals surface area contributed by atoms with E-state index in [2.05, 4.69) is 21.8 Å². The van der Waals surface area contributed by atoms with Gasteiger partial charge in [-0.25, -0.2) is 4.79 Å². The predicted molar refractivity (Wildman–Crippen MR) is 99.4 cm³/mol. The van der Waals surface area contributed by atoms with Crippen LogP contribution in [0.2, 0.25) is 0 Å². The largest absolute Gasteiger partial charge is 0.444 e. The van der Waals surface area contributed by atoms with E-state index in [0.717, 1.165) is 38.2 Å². The number of carbonyl (C=O) groups is 1. The van der Waals surface area contributed by atoms with Crippen LogP contribution in [0.25, 0.3) is 0 Å². The lowest BCUT2D eigenvalue weighted by Crippen LogP contribution is -2.45. The fraction of sp³-hybridized carbons (Fsp3) is 0.778. The lowest BCUT2D eigenvalue weighted by Gasteiger charge is -2.28. The first-order valence-electron chi connectivity index (χ1n) is 8.80. The van der Waals surface area contributed by atoms with Crippen molar-refractivity contribution in [1.82, 2.24) is 15.1 Å². The lowest BCUT2D eigenvalue weighted by molar-refractivity contribution is 0.0237. The van der Waals surface area contributed by atoms with Crippen molar-refractivity contribution >= 4 is 12.1 Å². The Morgan fingerprint density at radius 2 is 2.04 bits per heavy atom. The van der Waals surface area contributed by atoms with Crippen LogP contribution < -0.4 is 5.32 Å². The number of unbranched alkanes of at least 4 members (excludes halogenated alkanes) is 1. The van der Waals surface area contributed by atoms with Crippen molar-refractivity contribution in [3.8, 4) is 0 Å². The third kappa shape index (κ3) is 7.70. The van der Waals surface area contributed by atoms with E-state index in [0.29, 0.717) is 19.1 Å². The molecule has 0 bridgehead atoms. The third-order valence-corrected chi connectivity index (χ3v) is 3.73. The zero-order valence-corrected chi connectivity index (χ0v) is 16.0. The van der Waals surface area contributed by atoms with Crippen molar-refractivity contribution < 1.29 is 9.53 Å². The van der Waals surface area contributed by atoms with Gasteiger partial charge in [-0.2, -0.15) is 0 Å². The molecule has 1 amide bonds. The summed E-state index contributed by atoms with van der Waals surface area (Å²) in [6.07, 6.45) is 5.88. The molecule has 0 saturated heterocycles. The van der Waals surface area contributed by atoms with Gasteiger partial charge in [0.1, 0.15) is 5.60 Å². The van der Waals surface area contributed by atoms with E-state index in [9.17, 15) is 4.79 Å². The molecule has 0 aliphatic heterocycles. The Kier molecular flexibility index (Phi) is 8.08. The van der Waals surface area contributed by atoms with Gasteiger partial charge in [0.05, 0.1) is 0 Å². The molecule has 1 aliphatic carbocycles. The molecule has 1 saturated carbocycles. The van der Waals surface area contributed by atoms with Gasteiger partial charge in [0.2, 0.25) is 0 Å². The number of rotatable bonds is 8. The van der Waals surface area contributed by atoms with Crippen LogP contribution in [0.15, 0.2) is 17.6 Å². The van der Waals surface area contributed by atoms with Crippen molar-refractivity contribution in [2.75, 3.05) is 33.7 Å². The molecule has 138 valence electrons. The Bertz CT molecular complexity index is 439. The number of carbonyl (C=O) groups excluding carboxylic acids is 1. The normalized spacial score (nSPS) is 15.0. The van der Waals surface area contributed by atoms with Gasteiger partial charge in [-0.05, 0) is 46.5 Å². The molecule has 0 atom stereocenters. The fourth-order valence-corrected chi connectivity index (χ4v) is 2.38. The summed E-state index contributed by atoms with van der Waals surface area (Å²) < 4.78 is 5.51. The van der Waals surface area contributed by atoms with E-state index in [1.54, 1.807) is 7.05 Å². The summed E-state index contributed by atoms with van der Waals surface area (Å²) in [4.78, 5) is 20.6. The second-order valence-electron chi connectivity index (χ2n) is 7.23. The van der Waals surface area contributed by atoms with Crippen LogP contribution in [0.1, 0.15) is 46.5 Å². The number of ether oxygens (including phenoxy) is 1. The van der Waals surface area contributed by atoms with Gasteiger partial charge >= 0.3 is 6.09 Å². The zero-order chi connectivity index (χ0) is 18.2. The number of guanidine groups is 1. The molecule has 0 radical (unpaired) electrons. The first-order chi connectivity index (χ1) is 11.3. The molecule has 1 rings (SSSR count). The Morgan fingerprint density at radius 1 is 1.38 bits per heavy atom. The number of hydrogen-bond acceptors (Lipinski definition) is 3.